The van der Waals surface area contributed by atoms with Gasteiger partial charge in [0, 0.05) is 30.4 Å². The molecule has 2 heterocycles. The third-order valence-electron chi connectivity index (χ3n) is 3.72. The lowest BCUT2D eigenvalue weighted by atomic mass is 9.86. The Morgan fingerprint density at radius 3 is 3.05 bits per heavy atom. The fourth-order valence-electron chi connectivity index (χ4n) is 2.51. The minimum atomic E-state index is 0.0579. The largest absolute Gasteiger partial charge is 0.354 e. The number of hydrogen-bond acceptors (Lipinski definition) is 3. The molecule has 0 spiro atoms. The van der Waals surface area contributed by atoms with Crippen molar-refractivity contribution < 1.29 is 4.79 Å². The second kappa shape index (κ2) is 5.74. The van der Waals surface area contributed by atoms with Crippen molar-refractivity contribution in [1.29, 1.82) is 0 Å². The van der Waals surface area contributed by atoms with Crippen molar-refractivity contribution in [3.63, 3.8) is 0 Å². The van der Waals surface area contributed by atoms with Crippen LogP contribution in [0, 0.1) is 5.92 Å². The van der Waals surface area contributed by atoms with Crippen molar-refractivity contribution in [1.82, 2.24) is 20.2 Å². The minimum Gasteiger partial charge on any atom is -0.354 e. The second-order valence-electron chi connectivity index (χ2n) is 6.09. The molecule has 0 aromatic carbocycles. The van der Waals surface area contributed by atoms with Crippen LogP contribution in [0.1, 0.15) is 32.9 Å². The summed E-state index contributed by atoms with van der Waals surface area (Å²) < 4.78 is 1.97. The standard InChI is InChI=1S/C14H24N4O/c1-11(2)6-17-13(19)8-18-10-16-7-12(18)14(3)4-5-15-9-14/h7,10-11,15H,4-6,8-9H2,1-3H3,(H,17,19). The molecule has 0 radical (unpaired) electrons. The molecule has 5 heteroatoms. The van der Waals surface area contributed by atoms with Gasteiger partial charge in [0.05, 0.1) is 6.33 Å². The van der Waals surface area contributed by atoms with E-state index in [0.717, 1.165) is 31.7 Å². The Bertz CT molecular complexity index is 432. The fourth-order valence-corrected chi connectivity index (χ4v) is 2.51. The van der Waals surface area contributed by atoms with Gasteiger partial charge in [0.25, 0.3) is 0 Å². The zero-order valence-electron chi connectivity index (χ0n) is 12.1. The molecule has 0 aliphatic carbocycles. The highest BCUT2D eigenvalue weighted by Gasteiger charge is 2.33. The Morgan fingerprint density at radius 2 is 2.42 bits per heavy atom. The SMILES string of the molecule is CC(C)CNC(=O)Cn1cncc1C1(C)CCNC1. The number of carbonyl (C=O) groups excluding carboxylic acids is 1. The molecule has 1 aromatic rings. The van der Waals surface area contributed by atoms with E-state index in [9.17, 15) is 4.79 Å². The molecule has 1 aliphatic heterocycles. The lowest BCUT2D eigenvalue weighted by Crippen LogP contribution is -2.33. The van der Waals surface area contributed by atoms with Crippen LogP contribution in [0.2, 0.25) is 0 Å². The summed E-state index contributed by atoms with van der Waals surface area (Å²) in [7, 11) is 0. The van der Waals surface area contributed by atoms with Crippen LogP contribution in [-0.4, -0.2) is 35.1 Å². The van der Waals surface area contributed by atoms with Crippen molar-refractivity contribution >= 4 is 5.91 Å². The number of aromatic nitrogens is 2. The van der Waals surface area contributed by atoms with Gasteiger partial charge in [-0.3, -0.25) is 4.79 Å². The highest BCUT2D eigenvalue weighted by molar-refractivity contribution is 5.75. The maximum atomic E-state index is 11.9. The first-order valence-electron chi connectivity index (χ1n) is 6.99. The Balaban J connectivity index is 2.02. The number of carbonyl (C=O) groups is 1. The summed E-state index contributed by atoms with van der Waals surface area (Å²) in [6.45, 7) is 9.47. The van der Waals surface area contributed by atoms with E-state index in [0.29, 0.717) is 12.5 Å². The van der Waals surface area contributed by atoms with Crippen LogP contribution in [-0.2, 0) is 16.8 Å². The highest BCUT2D eigenvalue weighted by Crippen LogP contribution is 2.29. The molecule has 0 saturated carbocycles. The van der Waals surface area contributed by atoms with Crippen LogP contribution >= 0.6 is 0 Å². The molecule has 5 nitrogen and oxygen atoms in total. The van der Waals surface area contributed by atoms with E-state index in [4.69, 9.17) is 0 Å². The van der Waals surface area contributed by atoms with Gasteiger partial charge in [-0.25, -0.2) is 4.98 Å². The maximum Gasteiger partial charge on any atom is 0.239 e. The van der Waals surface area contributed by atoms with Crippen molar-refractivity contribution in [2.24, 2.45) is 5.92 Å². The predicted octanol–water partition coefficient (Wildman–Crippen LogP) is 0.906. The van der Waals surface area contributed by atoms with Gasteiger partial charge in [-0.2, -0.15) is 0 Å². The normalized spacial score (nSPS) is 22.9. The first kappa shape index (κ1) is 14.1. The molecule has 1 fully saturated rings. The first-order chi connectivity index (χ1) is 9.01. The van der Waals surface area contributed by atoms with Gasteiger partial charge in [-0.15, -0.1) is 0 Å². The summed E-state index contributed by atoms with van der Waals surface area (Å²) in [6.07, 6.45) is 4.74. The number of nitrogens with zero attached hydrogens (tertiary/aromatic N) is 2. The molecule has 19 heavy (non-hydrogen) atoms. The summed E-state index contributed by atoms with van der Waals surface area (Å²) in [4.78, 5) is 16.1. The number of nitrogens with one attached hydrogen (secondary N) is 2. The Hall–Kier alpha value is -1.36. The lowest BCUT2D eigenvalue weighted by Gasteiger charge is -2.24. The molecule has 1 unspecified atom stereocenters. The molecule has 1 atom stereocenters. The summed E-state index contributed by atoms with van der Waals surface area (Å²) in [5.74, 6) is 0.533. The number of rotatable bonds is 5. The summed E-state index contributed by atoms with van der Waals surface area (Å²) in [6, 6.07) is 0. The molecular formula is C14H24N4O. The smallest absolute Gasteiger partial charge is 0.239 e. The summed E-state index contributed by atoms with van der Waals surface area (Å²) >= 11 is 0. The zero-order chi connectivity index (χ0) is 13.9. The number of amides is 1. The quantitative estimate of drug-likeness (QED) is 0.831. The van der Waals surface area contributed by atoms with E-state index in [1.165, 1.54) is 0 Å². The summed E-state index contributed by atoms with van der Waals surface area (Å²) in [5.41, 5.74) is 1.24. The van der Waals surface area contributed by atoms with Crippen LogP contribution in [0.5, 0.6) is 0 Å². The van der Waals surface area contributed by atoms with Crippen LogP contribution in [0.25, 0.3) is 0 Å². The highest BCUT2D eigenvalue weighted by atomic mass is 16.1. The average Bonchev–Trinajstić information content (AvgIpc) is 2.96. The molecule has 2 N–H and O–H groups in total. The number of hydrogen-bond donors (Lipinski definition) is 2. The van der Waals surface area contributed by atoms with Gasteiger partial charge in [-0.05, 0) is 18.9 Å². The van der Waals surface area contributed by atoms with Gasteiger partial charge in [0.15, 0.2) is 0 Å². The van der Waals surface area contributed by atoms with Gasteiger partial charge < -0.3 is 15.2 Å². The van der Waals surface area contributed by atoms with E-state index in [1.54, 1.807) is 6.33 Å². The molecular weight excluding hydrogens is 240 g/mol. The fraction of sp³-hybridized carbons (Fsp3) is 0.714. The van der Waals surface area contributed by atoms with E-state index >= 15 is 0 Å². The lowest BCUT2D eigenvalue weighted by molar-refractivity contribution is -0.121. The van der Waals surface area contributed by atoms with Crippen molar-refractivity contribution in [3.05, 3.63) is 18.2 Å². The van der Waals surface area contributed by atoms with Crippen LogP contribution in [0.4, 0.5) is 0 Å². The van der Waals surface area contributed by atoms with E-state index in [1.807, 2.05) is 10.8 Å². The van der Waals surface area contributed by atoms with E-state index < -0.39 is 0 Å². The van der Waals surface area contributed by atoms with Gasteiger partial charge >= 0.3 is 0 Å². The van der Waals surface area contributed by atoms with Crippen molar-refractivity contribution in [2.45, 2.75) is 39.2 Å². The van der Waals surface area contributed by atoms with Gasteiger partial charge in [-0.1, -0.05) is 20.8 Å². The number of imidazole rings is 1. The van der Waals surface area contributed by atoms with Crippen LogP contribution < -0.4 is 10.6 Å². The zero-order valence-corrected chi connectivity index (χ0v) is 12.1. The molecule has 106 valence electrons. The predicted molar refractivity (Wildman–Crippen MR) is 74.9 cm³/mol. The second-order valence-corrected chi connectivity index (χ2v) is 6.09. The monoisotopic (exact) mass is 264 g/mol. The van der Waals surface area contributed by atoms with Crippen molar-refractivity contribution in [3.8, 4) is 0 Å². The first-order valence-corrected chi connectivity index (χ1v) is 6.99. The topological polar surface area (TPSA) is 59.0 Å². The Kier molecular flexibility index (Phi) is 4.24. The van der Waals surface area contributed by atoms with Crippen LogP contribution in [0.3, 0.4) is 0 Å². The van der Waals surface area contributed by atoms with Gasteiger partial charge in [0.1, 0.15) is 6.54 Å². The molecule has 0 bridgehead atoms. The summed E-state index contributed by atoms with van der Waals surface area (Å²) in [5, 5.41) is 6.33. The van der Waals surface area contributed by atoms with Crippen molar-refractivity contribution in [2.75, 3.05) is 19.6 Å². The third kappa shape index (κ3) is 3.35. The Labute approximate surface area is 114 Å². The van der Waals surface area contributed by atoms with E-state index in [2.05, 4.69) is 36.4 Å². The molecule has 1 aliphatic rings. The maximum absolute atomic E-state index is 11.9. The average molecular weight is 264 g/mol. The molecule has 1 aromatic heterocycles. The molecule has 1 amide bonds. The van der Waals surface area contributed by atoms with Gasteiger partial charge in [0.2, 0.25) is 5.91 Å². The van der Waals surface area contributed by atoms with Crippen LogP contribution in [0.15, 0.2) is 12.5 Å². The van der Waals surface area contributed by atoms with E-state index in [-0.39, 0.29) is 11.3 Å². The molecule has 2 rings (SSSR count). The third-order valence-corrected chi connectivity index (χ3v) is 3.72. The Morgan fingerprint density at radius 1 is 1.63 bits per heavy atom. The minimum absolute atomic E-state index is 0.0579. The molecule has 1 saturated heterocycles.